The lowest BCUT2D eigenvalue weighted by atomic mass is 9.76. The monoisotopic (exact) mass is 315 g/mol. The number of piperidine rings is 1. The van der Waals surface area contributed by atoms with E-state index in [9.17, 15) is 4.79 Å². The van der Waals surface area contributed by atoms with Gasteiger partial charge in [-0.3, -0.25) is 9.69 Å². The first-order chi connectivity index (χ1) is 11.1. The van der Waals surface area contributed by atoms with E-state index in [0.717, 1.165) is 19.4 Å². The fraction of sp³-hybridized carbons (Fsp3) is 0.550. The highest BCUT2D eigenvalue weighted by Gasteiger charge is 2.39. The van der Waals surface area contributed by atoms with Gasteiger partial charge in [0, 0.05) is 18.6 Å². The molecular weight excluding hydrogens is 286 g/mol. The highest BCUT2D eigenvalue weighted by atomic mass is 16.5. The van der Waals surface area contributed by atoms with Gasteiger partial charge in [-0.05, 0) is 30.2 Å². The van der Waals surface area contributed by atoms with Crippen LogP contribution in [0.3, 0.4) is 0 Å². The van der Waals surface area contributed by atoms with Crippen LogP contribution in [-0.2, 0) is 16.1 Å². The Hall–Kier alpha value is -1.61. The predicted molar refractivity (Wildman–Crippen MR) is 94.0 cm³/mol. The van der Waals surface area contributed by atoms with Crippen molar-refractivity contribution in [2.75, 3.05) is 7.11 Å². The number of ether oxygens (including phenoxy) is 1. The Balaban J connectivity index is 2.26. The average molecular weight is 315 g/mol. The van der Waals surface area contributed by atoms with Crippen LogP contribution in [0.2, 0.25) is 0 Å². The van der Waals surface area contributed by atoms with Gasteiger partial charge in [0.05, 0.1) is 13.5 Å². The van der Waals surface area contributed by atoms with Crippen molar-refractivity contribution in [2.45, 2.75) is 51.7 Å². The molecule has 23 heavy (non-hydrogen) atoms. The predicted octanol–water partition coefficient (Wildman–Crippen LogP) is 4.04. The van der Waals surface area contributed by atoms with E-state index in [1.807, 2.05) is 12.1 Å². The van der Waals surface area contributed by atoms with Gasteiger partial charge in [-0.15, -0.1) is 6.58 Å². The molecule has 0 N–H and O–H groups in total. The average Bonchev–Trinajstić information content (AvgIpc) is 2.56. The maximum absolute atomic E-state index is 11.9. The highest BCUT2D eigenvalue weighted by Crippen LogP contribution is 2.36. The number of methoxy groups -OCH3 is 1. The minimum Gasteiger partial charge on any atom is -0.469 e. The summed E-state index contributed by atoms with van der Waals surface area (Å²) < 4.78 is 4.94. The van der Waals surface area contributed by atoms with Crippen molar-refractivity contribution in [1.82, 2.24) is 4.90 Å². The number of carbonyl (C=O) groups is 1. The van der Waals surface area contributed by atoms with E-state index >= 15 is 0 Å². The van der Waals surface area contributed by atoms with Gasteiger partial charge in [-0.25, -0.2) is 0 Å². The minimum absolute atomic E-state index is 0.119. The molecule has 0 spiro atoms. The molecule has 0 aromatic heterocycles. The van der Waals surface area contributed by atoms with E-state index in [4.69, 9.17) is 4.74 Å². The zero-order chi connectivity index (χ0) is 16.8. The normalized spacial score (nSPS) is 28.3. The Labute approximate surface area is 140 Å². The first-order valence-electron chi connectivity index (χ1n) is 8.54. The van der Waals surface area contributed by atoms with Crippen molar-refractivity contribution in [3.63, 3.8) is 0 Å². The highest BCUT2D eigenvalue weighted by molar-refractivity contribution is 5.70. The molecule has 2 rings (SSSR count). The van der Waals surface area contributed by atoms with Crippen molar-refractivity contribution in [3.05, 3.63) is 48.6 Å². The number of likely N-dealkylation sites (tertiary alicyclic amines) is 1. The molecule has 0 unspecified atom stereocenters. The summed E-state index contributed by atoms with van der Waals surface area (Å²) in [6.45, 7) is 9.36. The summed E-state index contributed by atoms with van der Waals surface area (Å²) in [6, 6.07) is 11.2. The molecule has 0 amide bonds. The lowest BCUT2D eigenvalue weighted by Gasteiger charge is -2.48. The van der Waals surface area contributed by atoms with Gasteiger partial charge in [0.2, 0.25) is 0 Å². The summed E-state index contributed by atoms with van der Waals surface area (Å²) in [6.07, 6.45) is 4.57. The third-order valence-corrected chi connectivity index (χ3v) is 5.29. The van der Waals surface area contributed by atoms with Crippen molar-refractivity contribution in [3.8, 4) is 0 Å². The molecule has 1 aromatic carbocycles. The van der Waals surface area contributed by atoms with Gasteiger partial charge in [0.15, 0.2) is 0 Å². The lowest BCUT2D eigenvalue weighted by molar-refractivity contribution is -0.144. The molecule has 3 heteroatoms. The van der Waals surface area contributed by atoms with E-state index in [1.165, 1.54) is 12.7 Å². The number of hydrogen-bond donors (Lipinski definition) is 0. The standard InChI is InChI=1S/C20H29NO2/c1-5-9-18-12-15(2)16(3)19(13-20(22)23-4)21(18)14-17-10-7-6-8-11-17/h5-8,10-11,15-16,18-19H,1,9,12-14H2,2-4H3/t15-,16-,18-,19-/m1/s1. The summed E-state index contributed by atoms with van der Waals surface area (Å²) >= 11 is 0. The molecule has 1 aliphatic heterocycles. The van der Waals surface area contributed by atoms with Crippen LogP contribution in [0.25, 0.3) is 0 Å². The summed E-state index contributed by atoms with van der Waals surface area (Å²) in [5.41, 5.74) is 1.29. The topological polar surface area (TPSA) is 29.5 Å². The quantitative estimate of drug-likeness (QED) is 0.586. The third-order valence-electron chi connectivity index (χ3n) is 5.29. The number of nitrogens with zero attached hydrogens (tertiary/aromatic N) is 1. The summed E-state index contributed by atoms with van der Waals surface area (Å²) in [5.74, 6) is 0.951. The number of hydrogen-bond acceptors (Lipinski definition) is 3. The minimum atomic E-state index is -0.119. The molecular formula is C20H29NO2. The Bertz CT molecular complexity index is 514. The smallest absolute Gasteiger partial charge is 0.307 e. The van der Waals surface area contributed by atoms with E-state index in [2.05, 4.69) is 49.6 Å². The zero-order valence-electron chi connectivity index (χ0n) is 14.6. The van der Waals surface area contributed by atoms with Crippen molar-refractivity contribution >= 4 is 5.97 Å². The van der Waals surface area contributed by atoms with Crippen molar-refractivity contribution < 1.29 is 9.53 Å². The second-order valence-corrected chi connectivity index (χ2v) is 6.76. The molecule has 0 radical (unpaired) electrons. The molecule has 4 atom stereocenters. The lowest BCUT2D eigenvalue weighted by Crippen LogP contribution is -2.53. The first kappa shape index (κ1) is 17.7. The van der Waals surface area contributed by atoms with Crippen LogP contribution in [0.1, 0.15) is 38.7 Å². The van der Waals surface area contributed by atoms with E-state index < -0.39 is 0 Å². The summed E-state index contributed by atoms with van der Waals surface area (Å²) in [7, 11) is 1.47. The van der Waals surface area contributed by atoms with E-state index in [1.54, 1.807) is 0 Å². The first-order valence-corrected chi connectivity index (χ1v) is 8.54. The van der Waals surface area contributed by atoms with Crippen LogP contribution in [0.5, 0.6) is 0 Å². The van der Waals surface area contributed by atoms with Crippen LogP contribution in [-0.4, -0.2) is 30.1 Å². The van der Waals surface area contributed by atoms with Crippen molar-refractivity contribution in [2.24, 2.45) is 11.8 Å². The third kappa shape index (κ3) is 4.44. The van der Waals surface area contributed by atoms with Crippen molar-refractivity contribution in [1.29, 1.82) is 0 Å². The largest absolute Gasteiger partial charge is 0.469 e. The molecule has 126 valence electrons. The van der Waals surface area contributed by atoms with Gasteiger partial charge in [-0.1, -0.05) is 50.3 Å². The van der Waals surface area contributed by atoms with Crippen LogP contribution >= 0.6 is 0 Å². The number of esters is 1. The Morgan fingerprint density at radius 1 is 1.35 bits per heavy atom. The molecule has 0 saturated carbocycles. The van der Waals surface area contributed by atoms with Gasteiger partial charge < -0.3 is 4.74 Å². The number of rotatable bonds is 6. The second kappa shape index (κ2) is 8.30. The summed E-state index contributed by atoms with van der Waals surface area (Å²) in [4.78, 5) is 14.4. The van der Waals surface area contributed by atoms with Gasteiger partial charge >= 0.3 is 5.97 Å². The van der Waals surface area contributed by atoms with Crippen LogP contribution in [0.15, 0.2) is 43.0 Å². The van der Waals surface area contributed by atoms with Crippen LogP contribution < -0.4 is 0 Å². The molecule has 1 aromatic rings. The number of carbonyl (C=O) groups excluding carboxylic acids is 1. The second-order valence-electron chi connectivity index (χ2n) is 6.76. The summed E-state index contributed by atoms with van der Waals surface area (Å²) in [5, 5.41) is 0. The maximum atomic E-state index is 11.9. The number of benzene rings is 1. The molecule has 1 aliphatic rings. The van der Waals surface area contributed by atoms with E-state index in [0.29, 0.717) is 24.3 Å². The molecule has 0 aliphatic carbocycles. The van der Waals surface area contributed by atoms with Gasteiger partial charge in [0.25, 0.3) is 0 Å². The Morgan fingerprint density at radius 2 is 2.04 bits per heavy atom. The molecule has 3 nitrogen and oxygen atoms in total. The SMILES string of the molecule is C=CC[C@@H]1C[C@@H](C)[C@@H](C)[C@@H](CC(=O)OC)N1Cc1ccccc1. The fourth-order valence-electron chi connectivity index (χ4n) is 3.75. The molecule has 1 saturated heterocycles. The molecule has 0 bridgehead atoms. The molecule has 1 heterocycles. The van der Waals surface area contributed by atoms with Crippen LogP contribution in [0.4, 0.5) is 0 Å². The van der Waals surface area contributed by atoms with Gasteiger partial charge in [-0.2, -0.15) is 0 Å². The maximum Gasteiger partial charge on any atom is 0.307 e. The fourth-order valence-corrected chi connectivity index (χ4v) is 3.75. The van der Waals surface area contributed by atoms with Gasteiger partial charge in [0.1, 0.15) is 0 Å². The Morgan fingerprint density at radius 3 is 2.65 bits per heavy atom. The van der Waals surface area contributed by atoms with Crippen LogP contribution in [0, 0.1) is 11.8 Å². The Kier molecular flexibility index (Phi) is 6.40. The molecule has 1 fully saturated rings. The van der Waals surface area contributed by atoms with E-state index in [-0.39, 0.29) is 12.0 Å². The zero-order valence-corrected chi connectivity index (χ0v) is 14.6.